The first-order chi connectivity index (χ1) is 15.0. The van der Waals surface area contributed by atoms with Crippen molar-refractivity contribution < 1.29 is 19.1 Å². The normalized spacial score (nSPS) is 17.2. The molecule has 2 amide bonds. The molecule has 2 aromatic carbocycles. The zero-order valence-electron chi connectivity index (χ0n) is 16.9. The summed E-state index contributed by atoms with van der Waals surface area (Å²) in [6.07, 6.45) is 2.61. The fraction of sp³-hybridized carbons (Fsp3) is 0.318. The fourth-order valence-corrected chi connectivity index (χ4v) is 4.43. The average molecular weight is 441 g/mol. The van der Waals surface area contributed by atoms with E-state index in [4.69, 9.17) is 21.1 Å². The number of hydrogen-bond acceptors (Lipinski definition) is 5. The topological polar surface area (TPSA) is 96.6 Å². The molecule has 1 spiro atoms. The molecule has 0 radical (unpaired) electrons. The number of carbonyl (C=O) groups excluding carboxylic acids is 2. The molecular weight excluding hydrogens is 420 g/mol. The van der Waals surface area contributed by atoms with Crippen LogP contribution in [0.15, 0.2) is 36.5 Å². The van der Waals surface area contributed by atoms with Gasteiger partial charge >= 0.3 is 0 Å². The Morgan fingerprint density at radius 2 is 2.10 bits per heavy atom. The standard InChI is InChI=1S/C22H21ClN4O4/c1-2-30-15-3-4-18-16(11-15)20(28)25-22(31-18)5-7-27(8-6-22)21(29)13-9-14-12-24-26-19(14)17(23)10-13/h3-4,9-12H,2,5-8H2,1H3,(H,24,26)(H,25,28). The van der Waals surface area contributed by atoms with Crippen LogP contribution in [0.4, 0.5) is 0 Å². The number of nitrogens with one attached hydrogen (secondary N) is 2. The predicted molar refractivity (Wildman–Crippen MR) is 115 cm³/mol. The summed E-state index contributed by atoms with van der Waals surface area (Å²) in [5, 5.41) is 11.0. The summed E-state index contributed by atoms with van der Waals surface area (Å²) in [4.78, 5) is 27.5. The number of piperidine rings is 1. The Bertz CT molecular complexity index is 1180. The molecule has 31 heavy (non-hydrogen) atoms. The number of rotatable bonds is 3. The number of likely N-dealkylation sites (tertiary alicyclic amines) is 1. The van der Waals surface area contributed by atoms with Crippen LogP contribution >= 0.6 is 11.6 Å². The van der Waals surface area contributed by atoms with Crippen LogP contribution < -0.4 is 14.8 Å². The Kier molecular flexibility index (Phi) is 4.74. The Morgan fingerprint density at radius 3 is 2.87 bits per heavy atom. The van der Waals surface area contributed by atoms with Gasteiger partial charge in [-0.1, -0.05) is 11.6 Å². The van der Waals surface area contributed by atoms with E-state index in [0.717, 1.165) is 5.39 Å². The number of halogens is 1. The lowest BCUT2D eigenvalue weighted by molar-refractivity contribution is -0.0246. The van der Waals surface area contributed by atoms with Crippen LogP contribution in [0.2, 0.25) is 5.02 Å². The van der Waals surface area contributed by atoms with Crippen LogP contribution in [-0.4, -0.2) is 52.3 Å². The second-order valence-electron chi connectivity index (χ2n) is 7.73. The summed E-state index contributed by atoms with van der Waals surface area (Å²) >= 11 is 6.28. The van der Waals surface area contributed by atoms with Crippen molar-refractivity contribution in [2.45, 2.75) is 25.5 Å². The van der Waals surface area contributed by atoms with Gasteiger partial charge in [0.25, 0.3) is 11.8 Å². The van der Waals surface area contributed by atoms with Gasteiger partial charge in [-0.15, -0.1) is 0 Å². The van der Waals surface area contributed by atoms with E-state index in [1.807, 2.05) is 6.92 Å². The maximum absolute atomic E-state index is 13.0. The predicted octanol–water partition coefficient (Wildman–Crippen LogP) is 3.37. The van der Waals surface area contributed by atoms with Crippen molar-refractivity contribution in [2.75, 3.05) is 19.7 Å². The average Bonchev–Trinajstić information content (AvgIpc) is 3.24. The first-order valence-corrected chi connectivity index (χ1v) is 10.6. The first-order valence-electron chi connectivity index (χ1n) is 10.2. The summed E-state index contributed by atoms with van der Waals surface area (Å²) in [6.45, 7) is 3.31. The van der Waals surface area contributed by atoms with Gasteiger partial charge in [0.15, 0.2) is 5.72 Å². The molecule has 1 aromatic heterocycles. The van der Waals surface area contributed by atoms with Gasteiger partial charge in [-0.05, 0) is 37.3 Å². The molecule has 1 fully saturated rings. The number of amides is 2. The molecule has 0 atom stereocenters. The molecular formula is C22H21ClN4O4. The second kappa shape index (κ2) is 7.46. The van der Waals surface area contributed by atoms with E-state index >= 15 is 0 Å². The number of hydrogen-bond donors (Lipinski definition) is 2. The van der Waals surface area contributed by atoms with Crippen LogP contribution in [-0.2, 0) is 0 Å². The largest absolute Gasteiger partial charge is 0.494 e. The quantitative estimate of drug-likeness (QED) is 0.651. The Balaban J connectivity index is 1.31. The molecule has 3 aromatic rings. The third-order valence-electron chi connectivity index (χ3n) is 5.76. The Morgan fingerprint density at radius 1 is 1.29 bits per heavy atom. The number of aromatic nitrogens is 2. The van der Waals surface area contributed by atoms with Gasteiger partial charge in [-0.3, -0.25) is 14.7 Å². The number of H-pyrrole nitrogens is 1. The molecule has 0 saturated carbocycles. The Labute approximate surface area is 183 Å². The summed E-state index contributed by atoms with van der Waals surface area (Å²) in [6, 6.07) is 8.68. The molecule has 1 saturated heterocycles. The lowest BCUT2D eigenvalue weighted by Gasteiger charge is -2.44. The molecule has 2 aliphatic heterocycles. The van der Waals surface area contributed by atoms with Gasteiger partial charge < -0.3 is 19.7 Å². The van der Waals surface area contributed by atoms with Crippen molar-refractivity contribution in [3.63, 3.8) is 0 Å². The molecule has 8 nitrogen and oxygen atoms in total. The van der Waals surface area contributed by atoms with Gasteiger partial charge in [0.1, 0.15) is 11.5 Å². The van der Waals surface area contributed by atoms with E-state index in [2.05, 4.69) is 15.5 Å². The van der Waals surface area contributed by atoms with Gasteiger partial charge in [0.2, 0.25) is 0 Å². The van der Waals surface area contributed by atoms with Gasteiger partial charge in [-0.25, -0.2) is 0 Å². The minimum Gasteiger partial charge on any atom is -0.494 e. The maximum atomic E-state index is 13.0. The minimum absolute atomic E-state index is 0.108. The second-order valence-corrected chi connectivity index (χ2v) is 8.13. The first kappa shape index (κ1) is 19.7. The molecule has 0 bridgehead atoms. The molecule has 5 rings (SSSR count). The number of carbonyl (C=O) groups is 2. The van der Waals surface area contributed by atoms with Gasteiger partial charge in [-0.2, -0.15) is 5.10 Å². The number of benzene rings is 2. The molecule has 160 valence electrons. The van der Waals surface area contributed by atoms with Crippen LogP contribution in [0.1, 0.15) is 40.5 Å². The molecule has 9 heteroatoms. The monoisotopic (exact) mass is 440 g/mol. The smallest absolute Gasteiger partial charge is 0.258 e. The summed E-state index contributed by atoms with van der Waals surface area (Å²) in [5.74, 6) is 0.859. The zero-order valence-corrected chi connectivity index (χ0v) is 17.7. The van der Waals surface area contributed by atoms with E-state index in [-0.39, 0.29) is 11.8 Å². The summed E-state index contributed by atoms with van der Waals surface area (Å²) in [5.41, 5.74) is 0.857. The van der Waals surface area contributed by atoms with Gasteiger partial charge in [0, 0.05) is 36.9 Å². The van der Waals surface area contributed by atoms with Crippen molar-refractivity contribution in [1.29, 1.82) is 0 Å². The maximum Gasteiger partial charge on any atom is 0.258 e. The molecule has 3 heterocycles. The molecule has 2 N–H and O–H groups in total. The highest BCUT2D eigenvalue weighted by atomic mass is 35.5. The molecule has 0 unspecified atom stereocenters. The number of fused-ring (bicyclic) bond motifs is 2. The van der Waals surface area contributed by atoms with Crippen LogP contribution in [0, 0.1) is 0 Å². The van der Waals surface area contributed by atoms with Crippen LogP contribution in [0.5, 0.6) is 11.5 Å². The lowest BCUT2D eigenvalue weighted by Crippen LogP contribution is -2.61. The number of ether oxygens (including phenoxy) is 2. The van der Waals surface area contributed by atoms with Crippen molar-refractivity contribution in [2.24, 2.45) is 0 Å². The SMILES string of the molecule is CCOc1ccc2c(c1)C(=O)NC1(CCN(C(=O)c3cc(Cl)c4[nH]ncc4c3)CC1)O2. The van der Waals surface area contributed by atoms with Crippen molar-refractivity contribution in [3.8, 4) is 11.5 Å². The zero-order chi connectivity index (χ0) is 21.6. The highest BCUT2D eigenvalue weighted by molar-refractivity contribution is 6.35. The van der Waals surface area contributed by atoms with Crippen molar-refractivity contribution in [1.82, 2.24) is 20.4 Å². The van der Waals surface area contributed by atoms with E-state index < -0.39 is 5.72 Å². The summed E-state index contributed by atoms with van der Waals surface area (Å²) in [7, 11) is 0. The van der Waals surface area contributed by atoms with Crippen molar-refractivity contribution >= 4 is 34.3 Å². The van der Waals surface area contributed by atoms with Gasteiger partial charge in [0.05, 0.1) is 28.9 Å². The lowest BCUT2D eigenvalue weighted by atomic mass is 9.96. The van der Waals surface area contributed by atoms with E-state index in [9.17, 15) is 9.59 Å². The fourth-order valence-electron chi connectivity index (χ4n) is 4.16. The van der Waals surface area contributed by atoms with E-state index in [1.54, 1.807) is 41.4 Å². The molecule has 0 aliphatic carbocycles. The van der Waals surface area contributed by atoms with Crippen LogP contribution in [0.3, 0.4) is 0 Å². The number of nitrogens with zero attached hydrogens (tertiary/aromatic N) is 2. The molecule has 2 aliphatic rings. The number of aromatic amines is 1. The minimum atomic E-state index is -0.819. The highest BCUT2D eigenvalue weighted by Gasteiger charge is 2.43. The van der Waals surface area contributed by atoms with Crippen molar-refractivity contribution in [3.05, 3.63) is 52.7 Å². The third-order valence-corrected chi connectivity index (χ3v) is 6.06. The Hall–Kier alpha value is -3.26. The van der Waals surface area contributed by atoms with Crippen LogP contribution in [0.25, 0.3) is 10.9 Å². The summed E-state index contributed by atoms with van der Waals surface area (Å²) < 4.78 is 11.7. The highest BCUT2D eigenvalue weighted by Crippen LogP contribution is 2.36. The van der Waals surface area contributed by atoms with E-state index in [0.29, 0.717) is 65.7 Å². The third kappa shape index (κ3) is 3.46. The van der Waals surface area contributed by atoms with E-state index in [1.165, 1.54) is 0 Å².